The van der Waals surface area contributed by atoms with Crippen LogP contribution in [0.15, 0.2) is 18.2 Å². The molecule has 0 spiro atoms. The van der Waals surface area contributed by atoms with Crippen LogP contribution in [0.3, 0.4) is 0 Å². The topological polar surface area (TPSA) is 12.9 Å². The molecule has 1 aromatic carbocycles. The number of rotatable bonds is 0. The Labute approximate surface area is 113 Å². The molecule has 2 aromatic rings. The zero-order valence-corrected chi connectivity index (χ0v) is 11.7. The van der Waals surface area contributed by atoms with Gasteiger partial charge in [-0.2, -0.15) is 0 Å². The summed E-state index contributed by atoms with van der Waals surface area (Å²) in [6.07, 6.45) is 4.65. The van der Waals surface area contributed by atoms with E-state index in [4.69, 9.17) is 16.6 Å². The maximum absolute atomic E-state index is 6.49. The summed E-state index contributed by atoms with van der Waals surface area (Å²) in [7, 11) is 0. The van der Waals surface area contributed by atoms with E-state index in [0.29, 0.717) is 0 Å². The van der Waals surface area contributed by atoms with Crippen LogP contribution in [0, 0.1) is 3.57 Å². The maximum atomic E-state index is 6.49. The van der Waals surface area contributed by atoms with Gasteiger partial charge in [-0.3, -0.25) is 4.98 Å². The molecule has 0 radical (unpaired) electrons. The number of halogens is 2. The Hall–Kier alpha value is -0.350. The monoisotopic (exact) mass is 343 g/mol. The predicted molar refractivity (Wildman–Crippen MR) is 76.1 cm³/mol. The number of hydrogen-bond donors (Lipinski definition) is 0. The average molecular weight is 344 g/mol. The van der Waals surface area contributed by atoms with Crippen molar-refractivity contribution in [2.75, 3.05) is 0 Å². The third-order valence-corrected chi connectivity index (χ3v) is 4.48. The Balaban J connectivity index is 2.39. The Morgan fingerprint density at radius 3 is 2.88 bits per heavy atom. The van der Waals surface area contributed by atoms with Gasteiger partial charge in [0.15, 0.2) is 0 Å². The highest BCUT2D eigenvalue weighted by atomic mass is 127. The molecule has 0 amide bonds. The molecule has 1 nitrogen and oxygen atoms in total. The first-order chi connectivity index (χ1) is 7.77. The van der Waals surface area contributed by atoms with Crippen LogP contribution >= 0.6 is 34.2 Å². The largest absolute Gasteiger partial charge is 0.251 e. The van der Waals surface area contributed by atoms with Gasteiger partial charge in [-0.25, -0.2) is 0 Å². The van der Waals surface area contributed by atoms with Crippen molar-refractivity contribution >= 4 is 45.1 Å². The molecule has 0 fully saturated rings. The van der Waals surface area contributed by atoms with Gasteiger partial charge in [0.1, 0.15) is 0 Å². The van der Waals surface area contributed by atoms with Crippen molar-refractivity contribution in [2.24, 2.45) is 0 Å². The van der Waals surface area contributed by atoms with E-state index in [2.05, 4.69) is 34.7 Å². The number of nitrogens with zero attached hydrogens (tertiary/aromatic N) is 1. The molecular weight excluding hydrogens is 333 g/mol. The summed E-state index contributed by atoms with van der Waals surface area (Å²) in [5.74, 6) is 0. The first kappa shape index (κ1) is 10.8. The van der Waals surface area contributed by atoms with E-state index in [1.807, 2.05) is 6.07 Å². The van der Waals surface area contributed by atoms with E-state index >= 15 is 0 Å². The molecule has 0 saturated heterocycles. The number of pyridine rings is 1. The first-order valence-corrected chi connectivity index (χ1v) is 6.98. The van der Waals surface area contributed by atoms with E-state index in [-0.39, 0.29) is 0 Å². The summed E-state index contributed by atoms with van der Waals surface area (Å²) in [6.45, 7) is 0. The minimum absolute atomic E-state index is 0.929. The highest BCUT2D eigenvalue weighted by Gasteiger charge is 2.17. The summed E-state index contributed by atoms with van der Waals surface area (Å²) in [5.41, 5.74) is 3.56. The standard InChI is InChI=1S/C13H11ClIN/c14-12-8-4-1-2-7-11(8)16-13-9(12)5-3-6-10(13)15/h3,5-6H,1-2,4,7H2. The highest BCUT2D eigenvalue weighted by molar-refractivity contribution is 14.1. The summed E-state index contributed by atoms with van der Waals surface area (Å²) in [6, 6.07) is 6.20. The molecule has 0 atom stereocenters. The number of aryl methyl sites for hydroxylation is 1. The summed E-state index contributed by atoms with van der Waals surface area (Å²) >= 11 is 8.82. The molecule has 1 heterocycles. The van der Waals surface area contributed by atoms with Gasteiger partial charge in [-0.05, 0) is 59.9 Å². The van der Waals surface area contributed by atoms with Gasteiger partial charge < -0.3 is 0 Å². The van der Waals surface area contributed by atoms with Gasteiger partial charge in [-0.15, -0.1) is 0 Å². The van der Waals surface area contributed by atoms with Gasteiger partial charge in [-0.1, -0.05) is 23.7 Å². The third-order valence-electron chi connectivity index (χ3n) is 3.17. The molecule has 1 aliphatic rings. The summed E-state index contributed by atoms with van der Waals surface area (Å²) < 4.78 is 1.19. The molecule has 0 saturated carbocycles. The minimum Gasteiger partial charge on any atom is -0.251 e. The smallest absolute Gasteiger partial charge is 0.0853 e. The van der Waals surface area contributed by atoms with Crippen LogP contribution in [-0.2, 0) is 12.8 Å². The molecule has 3 rings (SSSR count). The minimum atomic E-state index is 0.929. The third kappa shape index (κ3) is 1.63. The van der Waals surface area contributed by atoms with E-state index in [1.165, 1.54) is 27.7 Å². The summed E-state index contributed by atoms with van der Waals surface area (Å²) in [4.78, 5) is 4.78. The lowest BCUT2D eigenvalue weighted by atomic mass is 9.94. The number of aromatic nitrogens is 1. The maximum Gasteiger partial charge on any atom is 0.0853 e. The van der Waals surface area contributed by atoms with E-state index in [9.17, 15) is 0 Å². The van der Waals surface area contributed by atoms with Gasteiger partial charge in [0.05, 0.1) is 10.5 Å². The average Bonchev–Trinajstić information content (AvgIpc) is 2.31. The molecule has 1 aliphatic carbocycles. The van der Waals surface area contributed by atoms with Crippen LogP contribution in [0.4, 0.5) is 0 Å². The molecule has 3 heteroatoms. The number of para-hydroxylation sites is 1. The van der Waals surface area contributed by atoms with Crippen LogP contribution in [0.1, 0.15) is 24.1 Å². The molecule has 16 heavy (non-hydrogen) atoms. The van der Waals surface area contributed by atoms with Crippen molar-refractivity contribution in [1.29, 1.82) is 0 Å². The highest BCUT2D eigenvalue weighted by Crippen LogP contribution is 2.34. The van der Waals surface area contributed by atoms with E-state index < -0.39 is 0 Å². The Morgan fingerprint density at radius 1 is 1.19 bits per heavy atom. The van der Waals surface area contributed by atoms with Gasteiger partial charge in [0.25, 0.3) is 0 Å². The second-order valence-electron chi connectivity index (χ2n) is 4.19. The second-order valence-corrected chi connectivity index (χ2v) is 5.73. The lowest BCUT2D eigenvalue weighted by molar-refractivity contribution is 0.671. The van der Waals surface area contributed by atoms with E-state index in [0.717, 1.165) is 28.8 Å². The fourth-order valence-corrected chi connectivity index (χ4v) is 3.33. The molecule has 82 valence electrons. The van der Waals surface area contributed by atoms with Crippen molar-refractivity contribution in [3.8, 4) is 0 Å². The normalized spacial score (nSPS) is 15.1. The molecular formula is C13H11ClIN. The second kappa shape index (κ2) is 4.15. The number of hydrogen-bond acceptors (Lipinski definition) is 1. The van der Waals surface area contributed by atoms with Crippen LogP contribution in [0.25, 0.3) is 10.9 Å². The van der Waals surface area contributed by atoms with Gasteiger partial charge in [0, 0.05) is 14.7 Å². The summed E-state index contributed by atoms with van der Waals surface area (Å²) in [5, 5.41) is 2.03. The quantitative estimate of drug-likeness (QED) is 0.647. The zero-order chi connectivity index (χ0) is 11.1. The predicted octanol–water partition coefficient (Wildman–Crippen LogP) is 4.37. The molecule has 1 aromatic heterocycles. The van der Waals surface area contributed by atoms with Crippen molar-refractivity contribution in [3.05, 3.63) is 38.0 Å². The lowest BCUT2D eigenvalue weighted by Crippen LogP contribution is -2.07. The fourth-order valence-electron chi connectivity index (χ4n) is 2.35. The van der Waals surface area contributed by atoms with Crippen LogP contribution < -0.4 is 0 Å². The van der Waals surface area contributed by atoms with Crippen LogP contribution in [0.2, 0.25) is 5.02 Å². The van der Waals surface area contributed by atoms with Crippen molar-refractivity contribution < 1.29 is 0 Å². The number of benzene rings is 1. The van der Waals surface area contributed by atoms with Crippen molar-refractivity contribution in [2.45, 2.75) is 25.7 Å². The number of fused-ring (bicyclic) bond motifs is 2. The molecule has 0 N–H and O–H groups in total. The van der Waals surface area contributed by atoms with Gasteiger partial charge >= 0.3 is 0 Å². The van der Waals surface area contributed by atoms with Gasteiger partial charge in [0.2, 0.25) is 0 Å². The Bertz CT molecular complexity index is 565. The van der Waals surface area contributed by atoms with Crippen molar-refractivity contribution in [1.82, 2.24) is 4.98 Å². The SMILES string of the molecule is Clc1c2c(nc3c(I)cccc13)CCCC2. The Morgan fingerprint density at radius 2 is 2.00 bits per heavy atom. The van der Waals surface area contributed by atoms with Crippen molar-refractivity contribution in [3.63, 3.8) is 0 Å². The molecule has 0 bridgehead atoms. The molecule has 0 aliphatic heterocycles. The lowest BCUT2D eigenvalue weighted by Gasteiger charge is -2.18. The van der Waals surface area contributed by atoms with Crippen LogP contribution in [0.5, 0.6) is 0 Å². The van der Waals surface area contributed by atoms with E-state index in [1.54, 1.807) is 0 Å². The zero-order valence-electron chi connectivity index (χ0n) is 8.76. The molecule has 0 unspecified atom stereocenters. The fraction of sp³-hybridized carbons (Fsp3) is 0.308. The Kier molecular flexibility index (Phi) is 2.80. The van der Waals surface area contributed by atoms with Crippen LogP contribution in [-0.4, -0.2) is 4.98 Å². The first-order valence-electron chi connectivity index (χ1n) is 5.53.